The number of benzene rings is 2. The monoisotopic (exact) mass is 1260 g/mol. The van der Waals surface area contributed by atoms with E-state index in [0.29, 0.717) is 53.9 Å². The van der Waals surface area contributed by atoms with Gasteiger partial charge in [0.2, 0.25) is 29.5 Å². The number of anilines is 2. The fourth-order valence-corrected chi connectivity index (χ4v) is 10.5. The first kappa shape index (κ1) is 74.4. The smallest absolute Gasteiger partial charge is 0.409 e. The zero-order valence-corrected chi connectivity index (χ0v) is 54.5. The first-order chi connectivity index (χ1) is 42.2. The van der Waals surface area contributed by atoms with Gasteiger partial charge in [0.15, 0.2) is 5.72 Å². The summed E-state index contributed by atoms with van der Waals surface area (Å²) >= 11 is 0. The largest absolute Gasteiger partial charge is 0.496 e. The van der Waals surface area contributed by atoms with Crippen LogP contribution in [0.4, 0.5) is 25.8 Å². The topological polar surface area (TPSA) is 353 Å². The molecule has 1 saturated heterocycles. The lowest BCUT2D eigenvalue weighted by Gasteiger charge is -2.46. The molecule has 9 N–H and O–H groups in total. The zero-order chi connectivity index (χ0) is 67.4. The van der Waals surface area contributed by atoms with E-state index < -0.39 is 114 Å². The zero-order valence-electron chi connectivity index (χ0n) is 54.5. The van der Waals surface area contributed by atoms with Gasteiger partial charge in [-0.15, -0.1) is 0 Å². The number of carbonyl (C=O) groups excluding carboxylic acids is 10. The molecular weight excluding hydrogens is 1170 g/mol. The summed E-state index contributed by atoms with van der Waals surface area (Å²) in [6.07, 6.45) is 1.12. The molecule has 90 heavy (non-hydrogen) atoms. The molecule has 26 nitrogen and oxygen atoms in total. The Balaban J connectivity index is 1.43. The fraction of sp³-hybridized carbons (Fsp3) is 0.594. The van der Waals surface area contributed by atoms with Crippen LogP contribution in [-0.4, -0.2) is 176 Å². The maximum Gasteiger partial charge on any atom is 0.409 e. The number of nitrogens with zero attached hydrogens (tertiary/aromatic N) is 3. The van der Waals surface area contributed by atoms with E-state index in [9.17, 15) is 58.2 Å². The number of rotatable bonds is 25. The number of fused-ring (bicyclic) bond motifs is 4. The van der Waals surface area contributed by atoms with Gasteiger partial charge in [-0.2, -0.15) is 0 Å². The highest BCUT2D eigenvalue weighted by atomic mass is 16.6. The summed E-state index contributed by atoms with van der Waals surface area (Å²) in [7, 11) is 7.26. The van der Waals surface area contributed by atoms with Crippen molar-refractivity contribution in [1.82, 2.24) is 31.1 Å². The number of likely N-dealkylation sites (N-methyl/N-ethyl adjacent to an activating group) is 1. The molecule has 2 aliphatic rings. The summed E-state index contributed by atoms with van der Waals surface area (Å²) in [5, 5.41) is 37.7. The normalized spacial score (nSPS) is 23.2. The molecule has 2 aliphatic heterocycles. The van der Waals surface area contributed by atoms with Crippen LogP contribution < -0.4 is 42.0 Å². The van der Waals surface area contributed by atoms with Gasteiger partial charge >= 0.3 is 24.2 Å². The minimum Gasteiger partial charge on any atom is -0.496 e. The van der Waals surface area contributed by atoms with E-state index in [1.54, 1.807) is 78.1 Å². The predicted molar refractivity (Wildman–Crippen MR) is 334 cm³/mol. The Labute approximate surface area is 527 Å². The highest BCUT2D eigenvalue weighted by Gasteiger charge is 2.51. The minimum absolute atomic E-state index is 0.0167. The Morgan fingerprint density at radius 3 is 2.21 bits per heavy atom. The summed E-state index contributed by atoms with van der Waals surface area (Å²) in [6.45, 7) is 14.6. The summed E-state index contributed by atoms with van der Waals surface area (Å²) in [5.74, 6) is -5.07. The van der Waals surface area contributed by atoms with E-state index in [-0.39, 0.29) is 69.4 Å². The summed E-state index contributed by atoms with van der Waals surface area (Å²) in [4.78, 5) is 135. The number of esters is 1. The Hall–Kier alpha value is -8.10. The van der Waals surface area contributed by atoms with Gasteiger partial charge in [-0.05, 0) is 120 Å². The molecule has 0 aliphatic carbocycles. The number of aliphatic hydroxyl groups is 2. The number of nitrogens with one attached hydrogen (secondary N) is 5. The lowest BCUT2D eigenvalue weighted by molar-refractivity contribution is -0.186. The lowest BCUT2D eigenvalue weighted by atomic mass is 9.73. The number of nitrogens with two attached hydrogens (primary N) is 1. The number of amides is 9. The summed E-state index contributed by atoms with van der Waals surface area (Å²) < 4.78 is 28.7. The SMILES string of the molecule is COc1cc2cc(c1C)N(C)C(=O)C[C@H](OC(=O)[C@H](C)N(C)C(=O)CCN(C)C(=O)OCc1ccc(NC(=O)[C@H](CCCNC(N)=O)NC(=O)[C@@H](NC(=O)CCCCC(C)=O)C(C)C)cc1)[C@](C)(O)[C@@H](C)[C@H](C)[C@@H]1C[C@@](O)(NC(=O)O1)[C@H](OC)/C=C/C=C(\C)C2. The van der Waals surface area contributed by atoms with Crippen molar-refractivity contribution in [3.8, 4) is 5.75 Å². The average Bonchev–Trinajstić information content (AvgIpc) is 1.41. The van der Waals surface area contributed by atoms with Crippen molar-refractivity contribution in [3.63, 3.8) is 0 Å². The number of hydrogen-bond donors (Lipinski definition) is 8. The Morgan fingerprint density at radius 1 is 0.922 bits per heavy atom. The van der Waals surface area contributed by atoms with Crippen LogP contribution in [0.3, 0.4) is 0 Å². The maximum atomic E-state index is 14.5. The molecule has 0 aromatic heterocycles. The third kappa shape index (κ3) is 21.6. The van der Waals surface area contributed by atoms with E-state index in [1.165, 1.54) is 58.9 Å². The number of carbonyl (C=O) groups is 10. The number of urea groups is 1. The molecule has 2 heterocycles. The molecule has 1 fully saturated rings. The standard InChI is InChI=1S/C64H95N9O17/c1-37(2)56(69-53(75)23-16-15-20-39(4)74)58(79)68-47(21-18-29-66-60(65)81)57(78)67-46-26-24-44(25-27-46)36-88-62(83)71(10)30-28-54(76)72(11)43(8)59(80)90-52-34-55(77)73(12)48-32-45(33-49(86-13)41(48)6)31-38(3)19-17-22-51(87-14)64(85)35-50(89-61(82)70-64)40(5)42(7)63(52,9)84/h17,19,22,24-27,32-33,37,40,42-43,47,50-52,56,84-85H,15-16,18,20-21,23,28-31,34-36H2,1-14H3,(H,67,78)(H,68,79)(H,69,75)(H,70,82)(H3,65,66,81)/b22-17+,38-19+/t40-,42-,43-,47-,50-,51+,52-,56-,63+,64-/m0/s1. The number of ketones is 1. The van der Waals surface area contributed by atoms with Crippen LogP contribution in [0.25, 0.3) is 0 Å². The molecule has 0 spiro atoms. The number of primary amides is 1. The number of unbranched alkanes of at least 4 members (excludes halogenated alkanes) is 1. The first-order valence-corrected chi connectivity index (χ1v) is 30.3. The van der Waals surface area contributed by atoms with Crippen LogP contribution in [0.15, 0.2) is 60.2 Å². The molecule has 0 unspecified atom stereocenters. The third-order valence-corrected chi connectivity index (χ3v) is 16.8. The predicted octanol–water partition coefficient (Wildman–Crippen LogP) is 5.22. The quantitative estimate of drug-likeness (QED) is 0.0359. The van der Waals surface area contributed by atoms with Crippen LogP contribution in [0, 0.1) is 24.7 Å². The van der Waals surface area contributed by atoms with Crippen molar-refractivity contribution < 1.29 is 81.8 Å². The lowest BCUT2D eigenvalue weighted by Crippen LogP contribution is -2.64. The van der Waals surface area contributed by atoms with Gasteiger partial charge in [0.25, 0.3) is 0 Å². The van der Waals surface area contributed by atoms with Gasteiger partial charge in [0.05, 0.1) is 19.2 Å². The van der Waals surface area contributed by atoms with Crippen molar-refractivity contribution in [2.75, 3.05) is 58.7 Å². The van der Waals surface area contributed by atoms with Crippen molar-refractivity contribution >= 4 is 70.9 Å². The number of alkyl carbamates (subject to hydrolysis) is 1. The summed E-state index contributed by atoms with van der Waals surface area (Å²) in [6, 6.07) is 5.94. The minimum atomic E-state index is -2.03. The number of methoxy groups -OCH3 is 2. The van der Waals surface area contributed by atoms with Crippen LogP contribution in [0.1, 0.15) is 130 Å². The van der Waals surface area contributed by atoms with Gasteiger partial charge in [-0.25, -0.2) is 19.2 Å². The number of hydrogen-bond acceptors (Lipinski definition) is 17. The first-order valence-electron chi connectivity index (χ1n) is 30.3. The van der Waals surface area contributed by atoms with Crippen LogP contribution >= 0.6 is 0 Å². The molecule has 0 radical (unpaired) electrons. The Morgan fingerprint density at radius 2 is 1.59 bits per heavy atom. The fourth-order valence-electron chi connectivity index (χ4n) is 10.5. The van der Waals surface area contributed by atoms with Crippen molar-refractivity contribution in [3.05, 3.63) is 76.9 Å². The van der Waals surface area contributed by atoms with Gasteiger partial charge in [0, 0.05) is 78.3 Å². The van der Waals surface area contributed by atoms with Gasteiger partial charge in [0.1, 0.15) is 60.2 Å². The van der Waals surface area contributed by atoms with Gasteiger partial charge in [-0.3, -0.25) is 29.3 Å². The molecule has 9 amide bonds. The second kappa shape index (κ2) is 34.2. The van der Waals surface area contributed by atoms with Crippen molar-refractivity contribution in [1.29, 1.82) is 0 Å². The van der Waals surface area contributed by atoms with E-state index in [4.69, 9.17) is 29.4 Å². The molecule has 498 valence electrons. The Kier molecular flexibility index (Phi) is 28.3. The van der Waals surface area contributed by atoms with Crippen molar-refractivity contribution in [2.45, 2.75) is 181 Å². The van der Waals surface area contributed by atoms with Crippen LogP contribution in [-0.2, 0) is 65.5 Å². The molecule has 2 aromatic carbocycles. The molecule has 4 rings (SSSR count). The molecule has 2 aromatic rings. The van der Waals surface area contributed by atoms with E-state index in [2.05, 4.69) is 26.6 Å². The highest BCUT2D eigenvalue weighted by Crippen LogP contribution is 2.39. The second-order valence-corrected chi connectivity index (χ2v) is 24.1. The molecule has 10 atom stereocenters. The van der Waals surface area contributed by atoms with Gasteiger partial charge in [-0.1, -0.05) is 63.6 Å². The number of allylic oxidation sites excluding steroid dienone is 3. The third-order valence-electron chi connectivity index (χ3n) is 16.8. The number of ether oxygens (including phenoxy) is 5. The molecule has 26 heteroatoms. The maximum absolute atomic E-state index is 14.5. The highest BCUT2D eigenvalue weighted by molar-refractivity contribution is 5.99. The molecule has 0 saturated carbocycles. The van der Waals surface area contributed by atoms with Gasteiger partial charge < -0.3 is 80.4 Å². The molecule has 4 bridgehead atoms. The van der Waals surface area contributed by atoms with E-state index in [0.717, 1.165) is 16.0 Å². The van der Waals surface area contributed by atoms with Crippen molar-refractivity contribution in [2.24, 2.45) is 23.5 Å². The Bertz CT molecular complexity index is 2930. The number of Topliss-reactive ketones (excluding diaryl/α,β-unsaturated/α-hetero) is 1. The van der Waals surface area contributed by atoms with Crippen LogP contribution in [0.5, 0.6) is 5.75 Å². The van der Waals surface area contributed by atoms with E-state index in [1.807, 2.05) is 25.1 Å². The second-order valence-electron chi connectivity index (χ2n) is 24.1. The molecular formula is C64H95N9O17. The van der Waals surface area contributed by atoms with Crippen LogP contribution in [0.2, 0.25) is 0 Å². The average molecular weight is 1260 g/mol. The van der Waals surface area contributed by atoms with E-state index >= 15 is 0 Å². The summed E-state index contributed by atoms with van der Waals surface area (Å²) in [5.41, 5.74) is 4.94.